The maximum atomic E-state index is 11.7. The molecule has 1 aromatic carbocycles. The van der Waals surface area contributed by atoms with Gasteiger partial charge in [-0.2, -0.15) is 0 Å². The second-order valence-corrected chi connectivity index (χ2v) is 6.99. The van der Waals surface area contributed by atoms with Crippen LogP contribution in [0, 0.1) is 0 Å². The zero-order valence-electron chi connectivity index (χ0n) is 14.9. The Bertz CT molecular complexity index is 569. The molecule has 0 unspecified atom stereocenters. The predicted molar refractivity (Wildman–Crippen MR) is 93.0 cm³/mol. The van der Waals surface area contributed by atoms with Crippen molar-refractivity contribution in [2.75, 3.05) is 18.5 Å². The van der Waals surface area contributed by atoms with E-state index in [4.69, 9.17) is 9.47 Å². The summed E-state index contributed by atoms with van der Waals surface area (Å²) in [6.45, 7) is 8.34. The monoisotopic (exact) mass is 336 g/mol. The van der Waals surface area contributed by atoms with Crippen LogP contribution in [0.5, 0.6) is 0 Å². The van der Waals surface area contributed by atoms with Crippen molar-refractivity contribution in [3.63, 3.8) is 0 Å². The van der Waals surface area contributed by atoms with E-state index in [1.54, 1.807) is 0 Å². The minimum atomic E-state index is -0.694. The lowest BCUT2D eigenvalue weighted by Crippen LogP contribution is -2.33. The molecule has 0 bridgehead atoms. The molecule has 0 saturated carbocycles. The quantitative estimate of drug-likeness (QED) is 0.788. The van der Waals surface area contributed by atoms with Crippen molar-refractivity contribution >= 4 is 11.8 Å². The van der Waals surface area contributed by atoms with E-state index in [2.05, 4.69) is 23.6 Å². The Morgan fingerprint density at radius 3 is 2.88 bits per heavy atom. The van der Waals surface area contributed by atoms with E-state index in [9.17, 15) is 9.90 Å². The topological polar surface area (TPSA) is 79.8 Å². The number of amides is 1. The van der Waals surface area contributed by atoms with Gasteiger partial charge in [-0.1, -0.05) is 19.1 Å². The molecule has 1 heterocycles. The van der Waals surface area contributed by atoms with Crippen LogP contribution in [0.15, 0.2) is 18.2 Å². The number of hydrogen-bond donors (Lipinski definition) is 3. The molecule has 2 rings (SSSR count). The van der Waals surface area contributed by atoms with E-state index in [0.717, 1.165) is 23.2 Å². The van der Waals surface area contributed by atoms with Crippen LogP contribution in [0.3, 0.4) is 0 Å². The molecule has 3 N–H and O–H groups in total. The summed E-state index contributed by atoms with van der Waals surface area (Å²) in [6, 6.07) is 6.03. The van der Waals surface area contributed by atoms with Crippen molar-refractivity contribution < 1.29 is 19.4 Å². The minimum absolute atomic E-state index is 0.0385. The Morgan fingerprint density at radius 1 is 1.46 bits per heavy atom. The van der Waals surface area contributed by atoms with Crippen LogP contribution in [-0.2, 0) is 15.9 Å². The Balaban J connectivity index is 1.98. The molecule has 1 amide bonds. The Morgan fingerprint density at radius 2 is 2.21 bits per heavy atom. The highest BCUT2D eigenvalue weighted by Gasteiger charge is 2.22. The van der Waals surface area contributed by atoms with Crippen LogP contribution < -0.4 is 10.6 Å². The number of aliphatic hydroxyl groups is 1. The van der Waals surface area contributed by atoms with Crippen molar-refractivity contribution in [3.8, 4) is 0 Å². The second-order valence-electron chi connectivity index (χ2n) is 6.99. The van der Waals surface area contributed by atoms with Crippen LogP contribution in [0.2, 0.25) is 0 Å². The molecule has 24 heavy (non-hydrogen) atoms. The number of anilines is 1. The molecule has 1 aliphatic heterocycles. The van der Waals surface area contributed by atoms with Gasteiger partial charge in [0.25, 0.3) is 0 Å². The second kappa shape index (κ2) is 7.85. The smallest absolute Gasteiger partial charge is 0.407 e. The summed E-state index contributed by atoms with van der Waals surface area (Å²) in [5.41, 5.74) is 2.55. The molecule has 1 aromatic rings. The molecule has 2 atom stereocenters. The SMILES string of the molecule is CC[C@H]1OC[C@@H](O)Nc2ccc(CCNC(=O)OC(C)(C)C)cc21. The standard InChI is InChI=1S/C18H28N2O4/c1-5-15-13-10-12(6-7-14(13)20-16(21)11-23-15)8-9-19-17(22)24-18(2,3)4/h6-7,10,15-16,20-21H,5,8-9,11H2,1-4H3,(H,19,22)/t15-,16-/m1/s1. The van der Waals surface area contributed by atoms with Crippen molar-refractivity contribution in [2.45, 2.75) is 58.5 Å². The third-order valence-electron chi connectivity index (χ3n) is 3.69. The van der Waals surface area contributed by atoms with Crippen molar-refractivity contribution in [3.05, 3.63) is 29.3 Å². The van der Waals surface area contributed by atoms with Crippen LogP contribution in [0.25, 0.3) is 0 Å². The Hall–Kier alpha value is -1.79. The molecule has 0 fully saturated rings. The summed E-state index contributed by atoms with van der Waals surface area (Å²) in [6.07, 6.45) is 0.396. The largest absolute Gasteiger partial charge is 0.444 e. The number of hydrogen-bond acceptors (Lipinski definition) is 5. The molecule has 1 aliphatic rings. The summed E-state index contributed by atoms with van der Waals surface area (Å²) in [7, 11) is 0. The number of benzene rings is 1. The van der Waals surface area contributed by atoms with E-state index in [-0.39, 0.29) is 12.7 Å². The molecular formula is C18H28N2O4. The van der Waals surface area contributed by atoms with E-state index in [1.807, 2.05) is 32.9 Å². The fraction of sp³-hybridized carbons (Fsp3) is 0.611. The van der Waals surface area contributed by atoms with Crippen molar-refractivity contribution in [1.82, 2.24) is 5.32 Å². The third-order valence-corrected chi connectivity index (χ3v) is 3.69. The number of fused-ring (bicyclic) bond motifs is 1. The van der Waals surface area contributed by atoms with Gasteiger partial charge in [0.1, 0.15) is 11.8 Å². The number of carbonyl (C=O) groups excluding carboxylic acids is 1. The van der Waals surface area contributed by atoms with Gasteiger partial charge in [-0.3, -0.25) is 0 Å². The normalized spacial score (nSPS) is 20.5. The van der Waals surface area contributed by atoms with Gasteiger partial charge >= 0.3 is 6.09 Å². The van der Waals surface area contributed by atoms with Gasteiger partial charge in [-0.25, -0.2) is 4.79 Å². The maximum Gasteiger partial charge on any atom is 0.407 e. The number of carbonyl (C=O) groups is 1. The van der Waals surface area contributed by atoms with Gasteiger partial charge in [0.15, 0.2) is 0 Å². The maximum absolute atomic E-state index is 11.7. The summed E-state index contributed by atoms with van der Waals surface area (Å²) >= 11 is 0. The first-order valence-electron chi connectivity index (χ1n) is 8.44. The lowest BCUT2D eigenvalue weighted by atomic mass is 10.0. The highest BCUT2D eigenvalue weighted by Crippen LogP contribution is 2.32. The fourth-order valence-electron chi connectivity index (χ4n) is 2.64. The number of nitrogens with one attached hydrogen (secondary N) is 2. The molecule has 134 valence electrons. The van der Waals surface area contributed by atoms with Crippen molar-refractivity contribution in [1.29, 1.82) is 0 Å². The average molecular weight is 336 g/mol. The van der Waals surface area contributed by atoms with E-state index < -0.39 is 17.9 Å². The predicted octanol–water partition coefficient (Wildman–Crippen LogP) is 2.97. The fourth-order valence-corrected chi connectivity index (χ4v) is 2.64. The van der Waals surface area contributed by atoms with Crippen LogP contribution >= 0.6 is 0 Å². The number of rotatable bonds is 4. The highest BCUT2D eigenvalue weighted by molar-refractivity contribution is 5.67. The first-order valence-corrected chi connectivity index (χ1v) is 8.44. The molecule has 6 heteroatoms. The third kappa shape index (κ3) is 5.39. The first kappa shape index (κ1) is 18.5. The molecule has 0 saturated heterocycles. The summed E-state index contributed by atoms with van der Waals surface area (Å²) in [5.74, 6) is 0. The zero-order valence-corrected chi connectivity index (χ0v) is 14.9. The number of alkyl carbamates (subject to hydrolysis) is 1. The molecule has 0 aromatic heterocycles. The molecular weight excluding hydrogens is 308 g/mol. The highest BCUT2D eigenvalue weighted by atomic mass is 16.6. The Labute approximate surface area is 143 Å². The molecule has 0 aliphatic carbocycles. The lowest BCUT2D eigenvalue weighted by Gasteiger charge is -2.20. The van der Waals surface area contributed by atoms with Crippen LogP contribution in [0.1, 0.15) is 51.3 Å². The first-order chi connectivity index (χ1) is 11.3. The van der Waals surface area contributed by atoms with Gasteiger partial charge in [-0.05, 0) is 45.2 Å². The molecule has 0 spiro atoms. The van der Waals surface area contributed by atoms with Crippen LogP contribution in [0.4, 0.5) is 10.5 Å². The zero-order chi connectivity index (χ0) is 17.7. The summed E-state index contributed by atoms with van der Waals surface area (Å²) in [4.78, 5) is 11.7. The van der Waals surface area contributed by atoms with E-state index >= 15 is 0 Å². The van der Waals surface area contributed by atoms with Crippen LogP contribution in [-0.4, -0.2) is 36.2 Å². The Kier molecular flexibility index (Phi) is 6.07. The van der Waals surface area contributed by atoms with E-state index in [0.29, 0.717) is 13.0 Å². The lowest BCUT2D eigenvalue weighted by molar-refractivity contribution is 0.00358. The van der Waals surface area contributed by atoms with Gasteiger partial charge in [0.05, 0.1) is 12.7 Å². The molecule has 0 radical (unpaired) electrons. The van der Waals surface area contributed by atoms with E-state index in [1.165, 1.54) is 0 Å². The number of ether oxygens (including phenoxy) is 2. The van der Waals surface area contributed by atoms with Gasteiger partial charge in [0.2, 0.25) is 0 Å². The van der Waals surface area contributed by atoms with Gasteiger partial charge in [0, 0.05) is 17.8 Å². The summed E-state index contributed by atoms with van der Waals surface area (Å²) < 4.78 is 11.0. The van der Waals surface area contributed by atoms with Crippen molar-refractivity contribution in [2.24, 2.45) is 0 Å². The average Bonchev–Trinajstić information content (AvgIpc) is 2.63. The molecule has 6 nitrogen and oxygen atoms in total. The van der Waals surface area contributed by atoms with Gasteiger partial charge in [-0.15, -0.1) is 0 Å². The number of aliphatic hydroxyl groups excluding tert-OH is 1. The minimum Gasteiger partial charge on any atom is -0.444 e. The van der Waals surface area contributed by atoms with Gasteiger partial charge < -0.3 is 25.2 Å². The summed E-state index contributed by atoms with van der Waals surface area (Å²) in [5, 5.41) is 15.6.